The molecule has 0 unspecified atom stereocenters. The first kappa shape index (κ1) is 27.0. The fourth-order valence-electron chi connectivity index (χ4n) is 3.06. The summed E-state index contributed by atoms with van der Waals surface area (Å²) in [5.74, 6) is 0.109. The highest BCUT2D eigenvalue weighted by Crippen LogP contribution is 2.38. The average Bonchev–Trinajstić information content (AvgIpc) is 2.84. The number of nitriles is 1. The second kappa shape index (κ2) is 12.4. The lowest BCUT2D eigenvalue weighted by molar-refractivity contribution is -0.384. The van der Waals surface area contributed by atoms with Crippen LogP contribution in [0, 0.1) is 21.4 Å². The number of carbonyl (C=O) groups is 1. The van der Waals surface area contributed by atoms with Crippen molar-refractivity contribution in [1.82, 2.24) is 0 Å². The lowest BCUT2D eigenvalue weighted by atomic mass is 10.1. The van der Waals surface area contributed by atoms with E-state index >= 15 is 0 Å². The van der Waals surface area contributed by atoms with Crippen LogP contribution in [0.5, 0.6) is 11.5 Å². The van der Waals surface area contributed by atoms with E-state index in [0.29, 0.717) is 33.2 Å². The van der Waals surface area contributed by atoms with E-state index in [2.05, 4.69) is 21.2 Å². The van der Waals surface area contributed by atoms with Crippen LogP contribution in [0.15, 0.2) is 64.6 Å². The van der Waals surface area contributed by atoms with Crippen molar-refractivity contribution in [2.45, 2.75) is 13.5 Å². The SMILES string of the molecule is CCOc1cc(C=C(C#N)C(=O)Nc2ccc([N+](=O)[O-])cc2Cl)cc(Br)c1OCc1ccccc1Cl. The topological polar surface area (TPSA) is 114 Å². The van der Waals surface area contributed by atoms with Gasteiger partial charge in [-0.2, -0.15) is 5.26 Å². The van der Waals surface area contributed by atoms with Gasteiger partial charge in [-0.25, -0.2) is 0 Å². The summed E-state index contributed by atoms with van der Waals surface area (Å²) in [4.78, 5) is 23.0. The molecule has 3 rings (SSSR count). The second-order valence-corrected chi connectivity index (χ2v) is 8.86. The number of nitro benzene ring substituents is 1. The molecule has 0 aliphatic rings. The number of ether oxygens (including phenoxy) is 2. The number of nitrogens with one attached hydrogen (secondary N) is 1. The number of halogens is 3. The van der Waals surface area contributed by atoms with Gasteiger partial charge in [-0.05, 0) is 58.8 Å². The molecule has 0 saturated carbocycles. The molecule has 0 atom stereocenters. The maximum Gasteiger partial charge on any atom is 0.271 e. The number of carbonyl (C=O) groups excluding carboxylic acids is 1. The van der Waals surface area contributed by atoms with Crippen LogP contribution in [0.2, 0.25) is 10.0 Å². The molecule has 3 aromatic rings. The van der Waals surface area contributed by atoms with Crippen LogP contribution in [0.3, 0.4) is 0 Å². The number of anilines is 1. The standard InChI is InChI=1S/C25H18BrCl2N3O5/c1-2-35-23-11-15(10-19(26)24(23)36-14-16-5-3-4-6-20(16)27)9-17(13-29)25(32)30-22-8-7-18(31(33)34)12-21(22)28/h3-12H,2,14H2,1H3,(H,30,32). The van der Waals surface area contributed by atoms with Crippen LogP contribution in [0.25, 0.3) is 6.08 Å². The summed E-state index contributed by atoms with van der Waals surface area (Å²) in [6, 6.07) is 16.1. The van der Waals surface area contributed by atoms with Crippen LogP contribution < -0.4 is 14.8 Å². The molecule has 0 aliphatic heterocycles. The third-order valence-electron chi connectivity index (χ3n) is 4.75. The molecule has 0 saturated heterocycles. The fraction of sp³-hybridized carbons (Fsp3) is 0.120. The summed E-state index contributed by atoms with van der Waals surface area (Å²) in [6.07, 6.45) is 1.37. The molecule has 0 spiro atoms. The Bertz CT molecular complexity index is 1390. The van der Waals surface area contributed by atoms with Crippen molar-refractivity contribution in [2.24, 2.45) is 0 Å². The lowest BCUT2D eigenvalue weighted by Gasteiger charge is -2.15. The maximum absolute atomic E-state index is 12.7. The van der Waals surface area contributed by atoms with E-state index in [9.17, 15) is 20.2 Å². The zero-order chi connectivity index (χ0) is 26.2. The summed E-state index contributed by atoms with van der Waals surface area (Å²) in [6.45, 7) is 2.37. The van der Waals surface area contributed by atoms with Crippen LogP contribution in [-0.2, 0) is 11.4 Å². The fourth-order valence-corrected chi connectivity index (χ4v) is 4.05. The highest BCUT2D eigenvalue weighted by Gasteiger charge is 2.17. The molecule has 0 aliphatic carbocycles. The van der Waals surface area contributed by atoms with Crippen molar-refractivity contribution >= 4 is 62.5 Å². The van der Waals surface area contributed by atoms with E-state index in [1.165, 1.54) is 18.2 Å². The zero-order valence-corrected chi connectivity index (χ0v) is 21.9. The molecule has 8 nitrogen and oxygen atoms in total. The Morgan fingerprint density at radius 2 is 1.92 bits per heavy atom. The monoisotopic (exact) mass is 589 g/mol. The number of benzene rings is 3. The van der Waals surface area contributed by atoms with Gasteiger partial charge in [-0.3, -0.25) is 14.9 Å². The van der Waals surface area contributed by atoms with E-state index in [-0.39, 0.29) is 28.6 Å². The smallest absolute Gasteiger partial charge is 0.271 e. The molecule has 1 amide bonds. The lowest BCUT2D eigenvalue weighted by Crippen LogP contribution is -2.13. The highest BCUT2D eigenvalue weighted by atomic mass is 79.9. The van der Waals surface area contributed by atoms with Gasteiger partial charge >= 0.3 is 0 Å². The highest BCUT2D eigenvalue weighted by molar-refractivity contribution is 9.10. The summed E-state index contributed by atoms with van der Waals surface area (Å²) in [5, 5.41) is 23.5. The Morgan fingerprint density at radius 3 is 2.56 bits per heavy atom. The van der Waals surface area contributed by atoms with Gasteiger partial charge in [0.25, 0.3) is 11.6 Å². The minimum absolute atomic E-state index is 0.0313. The first-order valence-electron chi connectivity index (χ1n) is 10.4. The van der Waals surface area contributed by atoms with Crippen molar-refractivity contribution in [3.63, 3.8) is 0 Å². The van der Waals surface area contributed by atoms with E-state index in [1.807, 2.05) is 31.2 Å². The summed E-state index contributed by atoms with van der Waals surface area (Å²) in [5.41, 5.74) is 0.985. The Hall–Kier alpha value is -3.58. The molecule has 0 heterocycles. The van der Waals surface area contributed by atoms with Crippen LogP contribution in [-0.4, -0.2) is 17.4 Å². The molecule has 184 valence electrons. The predicted octanol–water partition coefficient (Wildman–Crippen LogP) is 7.19. The van der Waals surface area contributed by atoms with Gasteiger partial charge in [0.2, 0.25) is 0 Å². The van der Waals surface area contributed by atoms with Crippen molar-refractivity contribution in [3.05, 3.63) is 95.9 Å². The quantitative estimate of drug-likeness (QED) is 0.122. The summed E-state index contributed by atoms with van der Waals surface area (Å²) in [7, 11) is 0. The van der Waals surface area contributed by atoms with Crippen molar-refractivity contribution in [2.75, 3.05) is 11.9 Å². The third kappa shape index (κ3) is 6.76. The molecule has 11 heteroatoms. The van der Waals surface area contributed by atoms with Gasteiger partial charge in [0, 0.05) is 22.7 Å². The Balaban J connectivity index is 1.86. The normalized spacial score (nSPS) is 10.9. The molecule has 0 bridgehead atoms. The number of non-ortho nitro benzene ring substituents is 1. The summed E-state index contributed by atoms with van der Waals surface area (Å²) < 4.78 is 12.2. The van der Waals surface area contributed by atoms with Crippen molar-refractivity contribution in [1.29, 1.82) is 5.26 Å². The van der Waals surface area contributed by atoms with E-state index in [4.69, 9.17) is 32.7 Å². The van der Waals surface area contributed by atoms with Gasteiger partial charge in [0.05, 0.1) is 26.7 Å². The number of nitrogens with zero attached hydrogens (tertiary/aromatic N) is 2. The first-order chi connectivity index (χ1) is 17.2. The third-order valence-corrected chi connectivity index (χ3v) is 6.02. The first-order valence-corrected chi connectivity index (χ1v) is 12.0. The predicted molar refractivity (Wildman–Crippen MR) is 141 cm³/mol. The Kier molecular flexibility index (Phi) is 9.31. The molecular weight excluding hydrogens is 573 g/mol. The van der Waals surface area contributed by atoms with Crippen molar-refractivity contribution < 1.29 is 19.2 Å². The maximum atomic E-state index is 12.7. The van der Waals surface area contributed by atoms with Crippen LogP contribution in [0.4, 0.5) is 11.4 Å². The largest absolute Gasteiger partial charge is 0.490 e. The number of amides is 1. The molecular formula is C25H18BrCl2N3O5. The van der Waals surface area contributed by atoms with Crippen molar-refractivity contribution in [3.8, 4) is 17.6 Å². The molecule has 3 aromatic carbocycles. The molecule has 0 radical (unpaired) electrons. The number of rotatable bonds is 9. The van der Waals surface area contributed by atoms with E-state index in [0.717, 1.165) is 11.6 Å². The second-order valence-electron chi connectivity index (χ2n) is 7.19. The van der Waals surface area contributed by atoms with Gasteiger partial charge in [-0.15, -0.1) is 0 Å². The average molecular weight is 591 g/mol. The number of nitro groups is 1. The van der Waals surface area contributed by atoms with Gasteiger partial charge in [-0.1, -0.05) is 41.4 Å². The minimum Gasteiger partial charge on any atom is -0.490 e. The Labute approximate surface area is 225 Å². The number of hydrogen-bond acceptors (Lipinski definition) is 6. The zero-order valence-electron chi connectivity index (χ0n) is 18.8. The Morgan fingerprint density at radius 1 is 1.17 bits per heavy atom. The molecule has 0 aromatic heterocycles. The van der Waals surface area contributed by atoms with Gasteiger partial charge in [0.1, 0.15) is 18.2 Å². The molecule has 0 fully saturated rings. The van der Waals surface area contributed by atoms with E-state index in [1.54, 1.807) is 18.2 Å². The van der Waals surface area contributed by atoms with E-state index < -0.39 is 10.8 Å². The molecule has 1 N–H and O–H groups in total. The van der Waals surface area contributed by atoms with Gasteiger partial charge < -0.3 is 14.8 Å². The van der Waals surface area contributed by atoms with Gasteiger partial charge in [0.15, 0.2) is 11.5 Å². The summed E-state index contributed by atoms with van der Waals surface area (Å²) >= 11 is 15.7. The number of hydrogen-bond donors (Lipinski definition) is 1. The van der Waals surface area contributed by atoms with Crippen LogP contribution in [0.1, 0.15) is 18.1 Å². The minimum atomic E-state index is -0.735. The molecule has 36 heavy (non-hydrogen) atoms. The van der Waals surface area contributed by atoms with Crippen LogP contribution >= 0.6 is 39.1 Å².